The number of likely N-dealkylation sites (tertiary alicyclic amines) is 1. The van der Waals surface area contributed by atoms with E-state index in [1.807, 2.05) is 0 Å². The molecule has 0 bridgehead atoms. The van der Waals surface area contributed by atoms with E-state index in [2.05, 4.69) is 37.9 Å². The van der Waals surface area contributed by atoms with Crippen molar-refractivity contribution in [1.82, 2.24) is 10.2 Å². The summed E-state index contributed by atoms with van der Waals surface area (Å²) >= 11 is 0. The van der Waals surface area contributed by atoms with Crippen LogP contribution in [0.15, 0.2) is 0 Å². The van der Waals surface area contributed by atoms with E-state index in [1.165, 1.54) is 6.42 Å². The van der Waals surface area contributed by atoms with Gasteiger partial charge in [0.25, 0.3) is 0 Å². The Balaban J connectivity index is 2.40. The molecule has 3 nitrogen and oxygen atoms in total. The molecule has 1 amide bonds. The fourth-order valence-corrected chi connectivity index (χ4v) is 2.70. The summed E-state index contributed by atoms with van der Waals surface area (Å²) in [6, 6.07) is 0.537. The molecule has 106 valence electrons. The van der Waals surface area contributed by atoms with Gasteiger partial charge in [0.1, 0.15) is 0 Å². The molecule has 1 heterocycles. The van der Waals surface area contributed by atoms with Gasteiger partial charge in [0.05, 0.1) is 0 Å². The normalized spacial score (nSPS) is 22.3. The molecule has 1 rings (SSSR count). The van der Waals surface area contributed by atoms with Crippen LogP contribution in [0.2, 0.25) is 0 Å². The summed E-state index contributed by atoms with van der Waals surface area (Å²) < 4.78 is 0. The van der Waals surface area contributed by atoms with E-state index >= 15 is 0 Å². The number of nitrogens with one attached hydrogen (secondary N) is 1. The molecule has 2 unspecified atom stereocenters. The maximum absolute atomic E-state index is 12.3. The lowest BCUT2D eigenvalue weighted by molar-refractivity contribution is -0.137. The lowest BCUT2D eigenvalue weighted by Gasteiger charge is -2.34. The number of carbonyl (C=O) groups is 1. The first kappa shape index (κ1) is 15.5. The van der Waals surface area contributed by atoms with Crippen LogP contribution in [0.4, 0.5) is 0 Å². The molecule has 0 aromatic carbocycles. The molecular formula is C15H30N2O. The number of hydrogen-bond donors (Lipinski definition) is 1. The monoisotopic (exact) mass is 254 g/mol. The molecule has 0 radical (unpaired) electrons. The van der Waals surface area contributed by atoms with E-state index in [1.54, 1.807) is 0 Å². The van der Waals surface area contributed by atoms with Gasteiger partial charge in [-0.25, -0.2) is 0 Å². The number of rotatable bonds is 6. The van der Waals surface area contributed by atoms with Crippen molar-refractivity contribution in [3.05, 3.63) is 0 Å². The molecule has 3 heteroatoms. The third kappa shape index (κ3) is 4.97. The molecule has 0 aliphatic carbocycles. The van der Waals surface area contributed by atoms with Gasteiger partial charge in [-0.15, -0.1) is 0 Å². The summed E-state index contributed by atoms with van der Waals surface area (Å²) in [6.45, 7) is 11.5. The van der Waals surface area contributed by atoms with E-state index in [4.69, 9.17) is 0 Å². The van der Waals surface area contributed by atoms with E-state index < -0.39 is 0 Å². The predicted molar refractivity (Wildman–Crippen MR) is 76.5 cm³/mol. The van der Waals surface area contributed by atoms with Gasteiger partial charge in [0.15, 0.2) is 0 Å². The Morgan fingerprint density at radius 1 is 1.39 bits per heavy atom. The van der Waals surface area contributed by atoms with E-state index in [0.717, 1.165) is 38.9 Å². The van der Waals surface area contributed by atoms with Crippen molar-refractivity contribution in [2.75, 3.05) is 19.6 Å². The number of nitrogens with zero attached hydrogens (tertiary/aromatic N) is 1. The molecule has 1 fully saturated rings. The van der Waals surface area contributed by atoms with Gasteiger partial charge in [-0.05, 0) is 31.7 Å². The van der Waals surface area contributed by atoms with Crippen LogP contribution in [0.25, 0.3) is 0 Å². The van der Waals surface area contributed by atoms with Crippen LogP contribution in [0, 0.1) is 11.8 Å². The molecule has 0 aromatic rings. The maximum atomic E-state index is 12.3. The van der Waals surface area contributed by atoms with Crippen molar-refractivity contribution < 1.29 is 4.79 Å². The van der Waals surface area contributed by atoms with Crippen LogP contribution in [0.3, 0.4) is 0 Å². The Hall–Kier alpha value is -0.570. The summed E-state index contributed by atoms with van der Waals surface area (Å²) in [4.78, 5) is 14.4. The molecular weight excluding hydrogens is 224 g/mol. The van der Waals surface area contributed by atoms with E-state index in [9.17, 15) is 4.79 Å². The lowest BCUT2D eigenvalue weighted by Crippen LogP contribution is -2.45. The number of hydrogen-bond acceptors (Lipinski definition) is 2. The smallest absolute Gasteiger partial charge is 0.225 e. The highest BCUT2D eigenvalue weighted by atomic mass is 16.2. The fourth-order valence-electron chi connectivity index (χ4n) is 2.70. The molecule has 1 aliphatic heterocycles. The Bertz CT molecular complexity index is 253. The summed E-state index contributed by atoms with van der Waals surface area (Å²) in [7, 11) is 0. The zero-order valence-corrected chi connectivity index (χ0v) is 12.5. The third-order valence-corrected chi connectivity index (χ3v) is 3.79. The van der Waals surface area contributed by atoms with Crippen LogP contribution in [-0.4, -0.2) is 36.5 Å². The summed E-state index contributed by atoms with van der Waals surface area (Å²) in [5.41, 5.74) is 0. The highest BCUT2D eigenvalue weighted by Gasteiger charge is 2.26. The summed E-state index contributed by atoms with van der Waals surface area (Å²) in [5.74, 6) is 1.21. The van der Waals surface area contributed by atoms with Gasteiger partial charge in [-0.1, -0.05) is 34.1 Å². The summed E-state index contributed by atoms with van der Waals surface area (Å²) in [6.07, 6.45) is 4.53. The fraction of sp³-hybridized carbons (Fsp3) is 0.933. The first-order chi connectivity index (χ1) is 8.54. The molecule has 1 aliphatic rings. The number of piperidine rings is 1. The SMILES string of the molecule is CCCC(C)C(=O)N1CCCC(CNC(C)C)C1. The summed E-state index contributed by atoms with van der Waals surface area (Å²) in [5, 5.41) is 3.49. The maximum Gasteiger partial charge on any atom is 0.225 e. The average molecular weight is 254 g/mol. The topological polar surface area (TPSA) is 32.3 Å². The zero-order valence-electron chi connectivity index (χ0n) is 12.5. The van der Waals surface area contributed by atoms with Crippen molar-refractivity contribution in [2.45, 2.75) is 59.4 Å². The Labute approximate surface area is 112 Å². The van der Waals surface area contributed by atoms with Gasteiger partial charge in [0.2, 0.25) is 5.91 Å². The number of carbonyl (C=O) groups excluding carboxylic acids is 1. The van der Waals surface area contributed by atoms with Crippen molar-refractivity contribution in [3.8, 4) is 0 Å². The molecule has 18 heavy (non-hydrogen) atoms. The van der Waals surface area contributed by atoms with E-state index in [0.29, 0.717) is 17.9 Å². The van der Waals surface area contributed by atoms with Crippen molar-refractivity contribution in [2.24, 2.45) is 11.8 Å². The van der Waals surface area contributed by atoms with Crippen molar-refractivity contribution >= 4 is 5.91 Å². The second-order valence-electron chi connectivity index (χ2n) is 6.05. The van der Waals surface area contributed by atoms with Crippen LogP contribution in [0.1, 0.15) is 53.4 Å². The minimum absolute atomic E-state index is 0.201. The Morgan fingerprint density at radius 2 is 2.11 bits per heavy atom. The zero-order chi connectivity index (χ0) is 13.5. The number of amides is 1. The van der Waals surface area contributed by atoms with Gasteiger partial charge < -0.3 is 10.2 Å². The first-order valence-electron chi connectivity index (χ1n) is 7.56. The minimum Gasteiger partial charge on any atom is -0.342 e. The second-order valence-corrected chi connectivity index (χ2v) is 6.05. The Morgan fingerprint density at radius 3 is 2.72 bits per heavy atom. The quantitative estimate of drug-likeness (QED) is 0.790. The molecule has 0 spiro atoms. The molecule has 1 N–H and O–H groups in total. The Kier molecular flexibility index (Phi) is 6.69. The van der Waals surface area contributed by atoms with Crippen LogP contribution >= 0.6 is 0 Å². The van der Waals surface area contributed by atoms with E-state index in [-0.39, 0.29) is 5.92 Å². The van der Waals surface area contributed by atoms with Gasteiger partial charge in [-0.3, -0.25) is 4.79 Å². The molecule has 1 saturated heterocycles. The average Bonchev–Trinajstić information content (AvgIpc) is 2.36. The first-order valence-corrected chi connectivity index (χ1v) is 7.56. The van der Waals surface area contributed by atoms with Gasteiger partial charge in [-0.2, -0.15) is 0 Å². The third-order valence-electron chi connectivity index (χ3n) is 3.79. The standard InChI is InChI=1S/C15H30N2O/c1-5-7-13(4)15(18)17-9-6-8-14(11-17)10-16-12(2)3/h12-14,16H,5-11H2,1-4H3. The van der Waals surface area contributed by atoms with Gasteiger partial charge in [0, 0.05) is 25.0 Å². The highest BCUT2D eigenvalue weighted by molar-refractivity contribution is 5.78. The highest BCUT2D eigenvalue weighted by Crippen LogP contribution is 2.19. The minimum atomic E-state index is 0.201. The lowest BCUT2D eigenvalue weighted by atomic mass is 9.95. The second kappa shape index (κ2) is 7.78. The van der Waals surface area contributed by atoms with Crippen LogP contribution in [-0.2, 0) is 4.79 Å². The van der Waals surface area contributed by atoms with Crippen LogP contribution in [0.5, 0.6) is 0 Å². The largest absolute Gasteiger partial charge is 0.342 e. The van der Waals surface area contributed by atoms with Gasteiger partial charge >= 0.3 is 0 Å². The predicted octanol–water partition coefficient (Wildman–Crippen LogP) is 2.66. The van der Waals surface area contributed by atoms with Crippen molar-refractivity contribution in [3.63, 3.8) is 0 Å². The van der Waals surface area contributed by atoms with Crippen molar-refractivity contribution in [1.29, 1.82) is 0 Å². The van der Waals surface area contributed by atoms with Crippen LogP contribution < -0.4 is 5.32 Å². The molecule has 0 aromatic heterocycles. The molecule has 0 saturated carbocycles. The molecule has 2 atom stereocenters.